The second-order valence-electron chi connectivity index (χ2n) is 11.9. The number of hydrogen-bond acceptors (Lipinski definition) is 14. The Morgan fingerprint density at radius 2 is 1.00 bits per heavy atom. The average molecular weight is 803 g/mol. The van der Waals surface area contributed by atoms with E-state index in [9.17, 15) is 42.8 Å². The molecule has 270 valence electrons. The lowest BCUT2D eigenvalue weighted by atomic mass is 10.1. The lowest BCUT2D eigenvalue weighted by Gasteiger charge is -2.01. The minimum absolute atomic E-state index is 0.0106. The Kier molecular flexibility index (Phi) is 7.34. The number of aromatic amines is 2. The Morgan fingerprint density at radius 1 is 0.481 bits per heavy atom. The minimum Gasteiger partial charge on any atom is -0.324 e. The molecule has 7 aromatic rings. The van der Waals surface area contributed by atoms with Gasteiger partial charge in [-0.15, -0.1) is 0 Å². The quantitative estimate of drug-likeness (QED) is 0.110. The molecule has 54 heavy (non-hydrogen) atoms. The fourth-order valence-corrected chi connectivity index (χ4v) is 8.41. The zero-order valence-electron chi connectivity index (χ0n) is 26.5. The van der Waals surface area contributed by atoms with Gasteiger partial charge in [0, 0.05) is 43.8 Å². The molecule has 0 saturated heterocycles. The number of H-pyrrole nitrogens is 2. The summed E-state index contributed by atoms with van der Waals surface area (Å²) >= 11 is 0. The largest absolute Gasteiger partial charge is 0.324 e. The van der Waals surface area contributed by atoms with Gasteiger partial charge in [-0.3, -0.25) is 9.11 Å². The van der Waals surface area contributed by atoms with Crippen LogP contribution in [0.2, 0.25) is 0 Å². The fourth-order valence-electron chi connectivity index (χ4n) is 6.36. The van der Waals surface area contributed by atoms with E-state index in [0.29, 0.717) is 5.39 Å². The van der Waals surface area contributed by atoms with Crippen molar-refractivity contribution < 1.29 is 42.8 Å². The highest BCUT2D eigenvalue weighted by atomic mass is 32.2. The van der Waals surface area contributed by atoms with Crippen LogP contribution in [-0.4, -0.2) is 82.6 Å². The van der Waals surface area contributed by atoms with E-state index in [4.69, 9.17) is 9.97 Å². The molecule has 2 aliphatic rings. The molecular weight excluding hydrogens is 785 g/mol. The Balaban J connectivity index is 1.51. The van der Waals surface area contributed by atoms with Gasteiger partial charge in [-0.2, -0.15) is 16.8 Å². The summed E-state index contributed by atoms with van der Waals surface area (Å²) < 4.78 is 117. The Hall–Kier alpha value is -6.04. The molecule has 18 nitrogen and oxygen atoms in total. The first-order valence-electron chi connectivity index (χ1n) is 15.3. The van der Waals surface area contributed by atoms with E-state index in [-0.39, 0.29) is 94.1 Å². The maximum atomic E-state index is 12.5. The zero-order chi connectivity index (χ0) is 37.8. The fraction of sp³-hybridized carbons (Fsp3) is 0. The van der Waals surface area contributed by atoms with Gasteiger partial charge in [0.15, 0.2) is 44.7 Å². The van der Waals surface area contributed by atoms with Gasteiger partial charge < -0.3 is 9.97 Å². The van der Waals surface area contributed by atoms with E-state index in [1.807, 2.05) is 0 Å². The molecule has 8 bridgehead atoms. The third kappa shape index (κ3) is 5.42. The molecule has 4 N–H and O–H groups in total. The maximum absolute atomic E-state index is 12.5. The van der Waals surface area contributed by atoms with Crippen molar-refractivity contribution in [1.82, 2.24) is 39.9 Å². The highest BCUT2D eigenvalue weighted by molar-refractivity contribution is 7.86. The molecular formula is C32H18N8O10S4. The van der Waals surface area contributed by atoms with Crippen molar-refractivity contribution in [3.8, 4) is 45.6 Å². The van der Waals surface area contributed by atoms with Gasteiger partial charge in [0.25, 0.3) is 20.2 Å². The van der Waals surface area contributed by atoms with Gasteiger partial charge in [0.1, 0.15) is 22.6 Å². The SMILES string of the molecule is O=[SH](=O)c1ccc2c3nc4nc(nc5[nH]c(nc6nc(nc([nH]3)c2c1)-c1ccc(S(=O)(=O)O)cc1-6)c1ccc(S(=O)(=O)O)cc51)-c1cccc([SH](=O)=O)c1-4. The van der Waals surface area contributed by atoms with Crippen LogP contribution in [0.1, 0.15) is 0 Å². The van der Waals surface area contributed by atoms with Gasteiger partial charge >= 0.3 is 0 Å². The smallest absolute Gasteiger partial charge is 0.294 e. The molecule has 4 aromatic carbocycles. The van der Waals surface area contributed by atoms with E-state index in [0.717, 1.165) is 24.3 Å². The van der Waals surface area contributed by atoms with Crippen LogP contribution in [0.3, 0.4) is 0 Å². The first-order valence-corrected chi connectivity index (χ1v) is 20.5. The van der Waals surface area contributed by atoms with Crippen molar-refractivity contribution in [2.45, 2.75) is 19.6 Å². The van der Waals surface area contributed by atoms with Crippen molar-refractivity contribution in [2.24, 2.45) is 0 Å². The molecule has 0 aliphatic carbocycles. The lowest BCUT2D eigenvalue weighted by Crippen LogP contribution is -1.98. The maximum Gasteiger partial charge on any atom is 0.294 e. The van der Waals surface area contributed by atoms with Crippen molar-refractivity contribution in [2.75, 3.05) is 0 Å². The van der Waals surface area contributed by atoms with Gasteiger partial charge in [-0.05, 0) is 60.7 Å². The predicted octanol–water partition coefficient (Wildman–Crippen LogP) is 3.30. The molecule has 0 fully saturated rings. The van der Waals surface area contributed by atoms with Crippen LogP contribution in [0.4, 0.5) is 0 Å². The van der Waals surface area contributed by atoms with Crippen molar-refractivity contribution in [3.63, 3.8) is 0 Å². The van der Waals surface area contributed by atoms with Crippen LogP contribution < -0.4 is 0 Å². The summed E-state index contributed by atoms with van der Waals surface area (Å²) in [6, 6.07) is 15.9. The molecule has 22 heteroatoms. The summed E-state index contributed by atoms with van der Waals surface area (Å²) in [6.45, 7) is 0. The highest BCUT2D eigenvalue weighted by Gasteiger charge is 2.26. The van der Waals surface area contributed by atoms with E-state index in [1.165, 1.54) is 42.5 Å². The molecule has 0 spiro atoms. The normalized spacial score (nSPS) is 12.8. The van der Waals surface area contributed by atoms with E-state index < -0.39 is 51.4 Å². The Labute approximate surface area is 305 Å². The first-order chi connectivity index (χ1) is 25.6. The standard InChI is InChI=1S/C32H18N8O10S4/c41-51(42)13-4-7-16-20(10-13)29-33-25-17-8-5-14(53(45,46)47)11-21(17)30(34-25)35-26-18-9-6-15(54(48,49)50)12-22(18)31(36-26)38-28-19-2-1-3-23(52(43)44)24(19)32(40-28)39-27(16)37-29/h1-12,51-52H,(H,45,46,47)(H,48,49,50)(H2,33,34,35,36,37,38,39,40). The topological polar surface area (TPSA) is 286 Å². The van der Waals surface area contributed by atoms with Crippen molar-refractivity contribution in [1.29, 1.82) is 0 Å². The number of aromatic nitrogens is 8. The number of nitrogens with one attached hydrogen (secondary N) is 2. The summed E-state index contributed by atoms with van der Waals surface area (Å²) in [6.07, 6.45) is 0. The monoisotopic (exact) mass is 802 g/mol. The number of benzene rings is 4. The van der Waals surface area contributed by atoms with Gasteiger partial charge in [0.2, 0.25) is 0 Å². The Bertz CT molecular complexity index is 3430. The molecule has 0 unspecified atom stereocenters. The second kappa shape index (κ2) is 11.7. The van der Waals surface area contributed by atoms with Gasteiger partial charge in [0.05, 0.1) is 19.6 Å². The lowest BCUT2D eigenvalue weighted by molar-refractivity contribution is 0.481. The second-order valence-corrected chi connectivity index (χ2v) is 16.8. The predicted molar refractivity (Wildman–Crippen MR) is 193 cm³/mol. The summed E-state index contributed by atoms with van der Waals surface area (Å²) in [5, 5.41) is 1.06. The summed E-state index contributed by atoms with van der Waals surface area (Å²) in [5.41, 5.74) is 0.949. The number of hydrogen-bond donors (Lipinski definition) is 6. The molecule has 5 heterocycles. The molecule has 0 saturated carbocycles. The van der Waals surface area contributed by atoms with Crippen LogP contribution >= 0.6 is 0 Å². The van der Waals surface area contributed by atoms with Gasteiger partial charge in [-0.1, -0.05) is 12.1 Å². The average Bonchev–Trinajstić information content (AvgIpc) is 3.85. The molecule has 3 aromatic heterocycles. The summed E-state index contributed by atoms with van der Waals surface area (Å²) in [7, 11) is -15.6. The number of fused-ring (bicyclic) bond motifs is 20. The third-order valence-electron chi connectivity index (χ3n) is 8.77. The van der Waals surface area contributed by atoms with E-state index in [2.05, 4.69) is 29.9 Å². The Morgan fingerprint density at radius 3 is 1.63 bits per heavy atom. The number of thiol groups is 2. The molecule has 0 radical (unpaired) electrons. The van der Waals surface area contributed by atoms with E-state index in [1.54, 1.807) is 6.07 Å². The van der Waals surface area contributed by atoms with Crippen LogP contribution in [0.15, 0.2) is 92.4 Å². The number of nitrogens with zero attached hydrogens (tertiary/aromatic N) is 6. The summed E-state index contributed by atoms with van der Waals surface area (Å²) in [5.74, 6) is -0.230. The van der Waals surface area contributed by atoms with E-state index >= 15 is 0 Å². The minimum atomic E-state index is -4.70. The van der Waals surface area contributed by atoms with Crippen LogP contribution in [-0.2, 0) is 41.6 Å². The molecule has 9 rings (SSSR count). The van der Waals surface area contributed by atoms with Crippen molar-refractivity contribution in [3.05, 3.63) is 72.8 Å². The number of rotatable bonds is 4. The zero-order valence-corrected chi connectivity index (χ0v) is 29.9. The van der Waals surface area contributed by atoms with Crippen LogP contribution in [0, 0.1) is 0 Å². The summed E-state index contributed by atoms with van der Waals surface area (Å²) in [4.78, 5) is 32.8. The first kappa shape index (κ1) is 33.8. The molecule has 2 aliphatic heterocycles. The van der Waals surface area contributed by atoms with Crippen LogP contribution in [0.5, 0.6) is 0 Å². The van der Waals surface area contributed by atoms with Crippen molar-refractivity contribution >= 4 is 85.8 Å². The van der Waals surface area contributed by atoms with Crippen LogP contribution in [0.25, 0.3) is 89.7 Å². The highest BCUT2D eigenvalue weighted by Crippen LogP contribution is 2.39. The molecule has 0 amide bonds. The van der Waals surface area contributed by atoms with Gasteiger partial charge in [-0.25, -0.2) is 46.7 Å². The molecule has 0 atom stereocenters. The third-order valence-corrected chi connectivity index (χ3v) is 11.9.